The predicted octanol–water partition coefficient (Wildman–Crippen LogP) is 1.04. The number of aliphatic hydroxyl groups is 1. The van der Waals surface area contributed by atoms with Gasteiger partial charge in [0.25, 0.3) is 11.7 Å². The van der Waals surface area contributed by atoms with Crippen molar-refractivity contribution < 1.29 is 19.8 Å². The largest absolute Gasteiger partial charge is 0.479 e. The van der Waals surface area contributed by atoms with Crippen molar-refractivity contribution in [2.75, 3.05) is 0 Å². The minimum absolute atomic E-state index is 0.153. The first kappa shape index (κ1) is 19.2. The summed E-state index contributed by atoms with van der Waals surface area (Å²) in [7, 11) is 0. The van der Waals surface area contributed by atoms with E-state index in [0.29, 0.717) is 6.42 Å². The smallest absolute Gasteiger partial charge is 0.332 e. The zero-order valence-electron chi connectivity index (χ0n) is 14.8. The Morgan fingerprint density at radius 3 is 2.32 bits per heavy atom. The van der Waals surface area contributed by atoms with Crippen LogP contribution in [0.4, 0.5) is 0 Å². The van der Waals surface area contributed by atoms with Gasteiger partial charge in [0.05, 0.1) is 0 Å². The molecule has 1 heterocycles. The molecule has 0 spiro atoms. The van der Waals surface area contributed by atoms with Gasteiger partial charge in [-0.15, -0.1) is 10.2 Å². The van der Waals surface area contributed by atoms with Crippen LogP contribution in [-0.2, 0) is 11.2 Å². The highest BCUT2D eigenvalue weighted by Crippen LogP contribution is 2.20. The molecule has 2 aromatic carbocycles. The van der Waals surface area contributed by atoms with E-state index < -0.39 is 24.0 Å². The number of nitrogens with one attached hydrogen (secondary N) is 2. The molecule has 144 valence electrons. The minimum atomic E-state index is -1.60. The van der Waals surface area contributed by atoms with Crippen LogP contribution in [0, 0.1) is 0 Å². The molecule has 0 saturated carbocycles. The van der Waals surface area contributed by atoms with Crippen molar-refractivity contribution in [2.24, 2.45) is 0 Å². The summed E-state index contributed by atoms with van der Waals surface area (Å²) in [6, 6.07) is 17.0. The van der Waals surface area contributed by atoms with Gasteiger partial charge < -0.3 is 15.5 Å². The van der Waals surface area contributed by atoms with Crippen LogP contribution in [0.25, 0.3) is 11.1 Å². The Balaban J connectivity index is 1.72. The fourth-order valence-electron chi connectivity index (χ4n) is 2.82. The summed E-state index contributed by atoms with van der Waals surface area (Å²) < 4.78 is 0. The first-order valence-corrected chi connectivity index (χ1v) is 8.62. The number of aromatic nitrogens is 4. The minimum Gasteiger partial charge on any atom is -0.479 e. The molecule has 1 unspecified atom stereocenters. The second-order valence-corrected chi connectivity index (χ2v) is 6.26. The van der Waals surface area contributed by atoms with Crippen molar-refractivity contribution in [1.82, 2.24) is 25.9 Å². The summed E-state index contributed by atoms with van der Waals surface area (Å²) in [5, 5.41) is 34.0. The van der Waals surface area contributed by atoms with Gasteiger partial charge >= 0.3 is 5.97 Å². The molecule has 9 nitrogen and oxygen atoms in total. The second-order valence-electron chi connectivity index (χ2n) is 6.26. The number of nitrogens with zero attached hydrogens (tertiary/aromatic N) is 3. The summed E-state index contributed by atoms with van der Waals surface area (Å²) in [4.78, 5) is 23.2. The number of aliphatic hydroxyl groups excluding tert-OH is 1. The number of hydrogen-bond acceptors (Lipinski definition) is 6. The fraction of sp³-hybridized carbons (Fsp3) is 0.211. The zero-order valence-corrected chi connectivity index (χ0v) is 14.8. The normalized spacial score (nSPS) is 12.9. The highest BCUT2D eigenvalue weighted by atomic mass is 16.4. The Kier molecular flexibility index (Phi) is 6.07. The third-order valence-electron chi connectivity index (χ3n) is 4.22. The molecule has 0 saturated heterocycles. The van der Waals surface area contributed by atoms with Crippen LogP contribution >= 0.6 is 0 Å². The molecule has 9 heteroatoms. The second kappa shape index (κ2) is 8.87. The van der Waals surface area contributed by atoms with Crippen LogP contribution in [0.15, 0.2) is 54.6 Å². The number of carboxylic acid groups (broad SMARTS) is 1. The highest BCUT2D eigenvalue weighted by molar-refractivity contribution is 5.90. The van der Waals surface area contributed by atoms with E-state index in [1.54, 1.807) is 0 Å². The molecule has 3 aromatic rings. The SMILES string of the molecule is O=C(NC(Cc1ccc(-c2ccccc2)cc1)C[C@@H](O)C(=O)O)c1nn[nH]n1. The number of hydrogen-bond donors (Lipinski definition) is 4. The summed E-state index contributed by atoms with van der Waals surface area (Å²) >= 11 is 0. The first-order valence-electron chi connectivity index (χ1n) is 8.62. The molecule has 0 aliphatic rings. The van der Waals surface area contributed by atoms with Crippen molar-refractivity contribution >= 4 is 11.9 Å². The van der Waals surface area contributed by atoms with E-state index in [1.807, 2.05) is 54.6 Å². The van der Waals surface area contributed by atoms with Crippen molar-refractivity contribution in [2.45, 2.75) is 25.0 Å². The van der Waals surface area contributed by atoms with Gasteiger partial charge in [-0.05, 0) is 28.3 Å². The van der Waals surface area contributed by atoms with Gasteiger partial charge in [-0.2, -0.15) is 5.21 Å². The molecule has 0 aliphatic heterocycles. The molecule has 28 heavy (non-hydrogen) atoms. The van der Waals surface area contributed by atoms with Crippen LogP contribution in [-0.4, -0.2) is 54.9 Å². The van der Waals surface area contributed by atoms with Crippen LogP contribution in [0.3, 0.4) is 0 Å². The van der Waals surface area contributed by atoms with Gasteiger partial charge in [0.1, 0.15) is 0 Å². The Hall–Kier alpha value is -3.59. The molecule has 4 N–H and O–H groups in total. The quantitative estimate of drug-likeness (QED) is 0.457. The lowest BCUT2D eigenvalue weighted by molar-refractivity contribution is -0.147. The van der Waals surface area contributed by atoms with Crippen molar-refractivity contribution in [1.29, 1.82) is 0 Å². The van der Waals surface area contributed by atoms with E-state index in [-0.39, 0.29) is 12.2 Å². The molecule has 3 rings (SSSR count). The van der Waals surface area contributed by atoms with Gasteiger partial charge in [0, 0.05) is 12.5 Å². The molecule has 0 radical (unpaired) electrons. The Bertz CT molecular complexity index is 913. The number of carbonyl (C=O) groups excluding carboxylic acids is 1. The molecule has 0 fully saturated rings. The van der Waals surface area contributed by atoms with E-state index in [9.17, 15) is 14.7 Å². The van der Waals surface area contributed by atoms with E-state index in [0.717, 1.165) is 16.7 Å². The molecule has 0 bridgehead atoms. The monoisotopic (exact) mass is 381 g/mol. The number of aliphatic carboxylic acids is 1. The lowest BCUT2D eigenvalue weighted by atomic mass is 9.98. The number of H-pyrrole nitrogens is 1. The average Bonchev–Trinajstić information content (AvgIpc) is 3.24. The molecular weight excluding hydrogens is 362 g/mol. The summed E-state index contributed by atoms with van der Waals surface area (Å²) in [5.41, 5.74) is 3.01. The van der Waals surface area contributed by atoms with Crippen LogP contribution in [0.2, 0.25) is 0 Å². The highest BCUT2D eigenvalue weighted by Gasteiger charge is 2.23. The number of carbonyl (C=O) groups is 2. The number of amides is 1. The van der Waals surface area contributed by atoms with Crippen molar-refractivity contribution in [3.63, 3.8) is 0 Å². The Morgan fingerprint density at radius 1 is 1.04 bits per heavy atom. The van der Waals surface area contributed by atoms with Crippen LogP contribution in [0.5, 0.6) is 0 Å². The lowest BCUT2D eigenvalue weighted by Crippen LogP contribution is -2.41. The third-order valence-corrected chi connectivity index (χ3v) is 4.22. The number of tetrazole rings is 1. The Morgan fingerprint density at radius 2 is 1.71 bits per heavy atom. The molecule has 0 aliphatic carbocycles. The van der Waals surface area contributed by atoms with E-state index in [2.05, 4.69) is 25.9 Å². The molecule has 1 amide bonds. The average molecular weight is 381 g/mol. The van der Waals surface area contributed by atoms with E-state index in [1.165, 1.54) is 0 Å². The molecular formula is C19H19N5O4. The first-order chi connectivity index (χ1) is 13.5. The maximum absolute atomic E-state index is 12.2. The predicted molar refractivity (Wildman–Crippen MR) is 99.3 cm³/mol. The maximum atomic E-state index is 12.2. The number of benzene rings is 2. The molecule has 1 aromatic heterocycles. The number of aromatic amines is 1. The Labute approximate surface area is 160 Å². The van der Waals surface area contributed by atoms with Gasteiger partial charge in [-0.25, -0.2) is 4.79 Å². The summed E-state index contributed by atoms with van der Waals surface area (Å²) in [6.07, 6.45) is -1.42. The zero-order chi connectivity index (χ0) is 19.9. The maximum Gasteiger partial charge on any atom is 0.332 e. The van der Waals surface area contributed by atoms with Crippen molar-refractivity contribution in [3.8, 4) is 11.1 Å². The summed E-state index contributed by atoms with van der Waals surface area (Å²) in [6.45, 7) is 0. The van der Waals surface area contributed by atoms with Gasteiger partial charge in [-0.1, -0.05) is 54.6 Å². The molecule has 2 atom stereocenters. The van der Waals surface area contributed by atoms with E-state index >= 15 is 0 Å². The standard InChI is InChI=1S/C19H19N5O4/c25-16(19(27)28)11-15(20-18(26)17-21-23-24-22-17)10-12-6-8-14(9-7-12)13-4-2-1-3-5-13/h1-9,15-16,25H,10-11H2,(H,20,26)(H,27,28)(H,21,22,23,24)/t15?,16-/m1/s1. The third kappa shape index (κ3) is 4.98. The van der Waals surface area contributed by atoms with Crippen LogP contribution < -0.4 is 5.32 Å². The lowest BCUT2D eigenvalue weighted by Gasteiger charge is -2.19. The van der Waals surface area contributed by atoms with Gasteiger partial charge in [0.2, 0.25) is 0 Å². The topological polar surface area (TPSA) is 141 Å². The number of carboxylic acids is 1. The number of rotatable bonds is 8. The fourth-order valence-corrected chi connectivity index (χ4v) is 2.82. The van der Waals surface area contributed by atoms with Crippen LogP contribution in [0.1, 0.15) is 22.6 Å². The van der Waals surface area contributed by atoms with Gasteiger partial charge in [-0.3, -0.25) is 4.79 Å². The van der Waals surface area contributed by atoms with E-state index in [4.69, 9.17) is 5.11 Å². The summed E-state index contributed by atoms with van der Waals surface area (Å²) in [5.74, 6) is -2.11. The van der Waals surface area contributed by atoms with Crippen molar-refractivity contribution in [3.05, 3.63) is 66.0 Å². The van der Waals surface area contributed by atoms with Gasteiger partial charge in [0.15, 0.2) is 6.10 Å².